The molecule has 0 aliphatic heterocycles. The molecule has 4 aromatic rings. The van der Waals surface area contributed by atoms with Crippen molar-refractivity contribution in [2.24, 2.45) is 4.99 Å². The van der Waals surface area contributed by atoms with Gasteiger partial charge in [0.25, 0.3) is 0 Å². The van der Waals surface area contributed by atoms with Gasteiger partial charge < -0.3 is 10.6 Å². The van der Waals surface area contributed by atoms with Crippen molar-refractivity contribution in [1.82, 2.24) is 24.7 Å². The fourth-order valence-corrected chi connectivity index (χ4v) is 3.82. The maximum Gasteiger partial charge on any atom is 0.229 e. The van der Waals surface area contributed by atoms with Crippen LogP contribution in [0.3, 0.4) is 0 Å². The highest BCUT2D eigenvalue weighted by molar-refractivity contribution is 7.80. The molecule has 2 aromatic heterocycles. The summed E-state index contributed by atoms with van der Waals surface area (Å²) in [6.45, 7) is 8.57. The third kappa shape index (κ3) is 7.15. The minimum Gasteiger partial charge on any atom is -0.331 e. The zero-order valence-corrected chi connectivity index (χ0v) is 20.9. The first-order valence-electron chi connectivity index (χ1n) is 11.1. The molecule has 0 saturated carbocycles. The highest BCUT2D eigenvalue weighted by Crippen LogP contribution is 2.15. The molecule has 2 heterocycles. The number of hydrogen-bond acceptors (Lipinski definition) is 5. The van der Waals surface area contributed by atoms with E-state index in [0.717, 1.165) is 39.5 Å². The second-order valence-electron chi connectivity index (χ2n) is 8.28. The number of hydrogen-bond donors (Lipinski definition) is 3. The predicted octanol–water partition coefficient (Wildman–Crippen LogP) is 4.63. The number of rotatable bonds is 5. The molecule has 0 unspecified atom stereocenters. The molecule has 0 radical (unpaired) electrons. The molecule has 0 bridgehead atoms. The normalized spacial score (nSPS) is 11.3. The lowest BCUT2D eigenvalue weighted by molar-refractivity contribution is 0.685. The summed E-state index contributed by atoms with van der Waals surface area (Å²) >= 11 is 5.53. The third-order valence-corrected chi connectivity index (χ3v) is 5.12. The fraction of sp³-hybridized carbons (Fsp3) is 0.200. The van der Waals surface area contributed by atoms with Gasteiger partial charge in [-0.2, -0.15) is 10.1 Å². The summed E-state index contributed by atoms with van der Waals surface area (Å²) in [5.74, 6) is 0.839. The Labute approximate surface area is 209 Å². The minimum atomic E-state index is 0.303. The van der Waals surface area contributed by atoms with Crippen LogP contribution in [0, 0.1) is 27.7 Å². The van der Waals surface area contributed by atoms with Crippen LogP contribution in [0.25, 0.3) is 0 Å². The Bertz CT molecular complexity index is 1310. The first-order chi connectivity index (χ1) is 16.8. The summed E-state index contributed by atoms with van der Waals surface area (Å²) in [5.41, 5.74) is 6.81. The Kier molecular flexibility index (Phi) is 7.41. The second kappa shape index (κ2) is 10.8. The molecule has 0 amide bonds. The Morgan fingerprint density at radius 1 is 0.857 bits per heavy atom. The van der Waals surface area contributed by atoms with E-state index in [1.807, 2.05) is 70.2 Å². The molecule has 4 rings (SSSR count). The largest absolute Gasteiger partial charge is 0.331 e. The molecule has 0 spiro atoms. The topological polar surface area (TPSA) is 105 Å². The lowest BCUT2D eigenvalue weighted by Crippen LogP contribution is -2.26. The number of guanidine groups is 1. The molecule has 0 saturated heterocycles. The number of nitrogens with zero attached hydrogens (tertiary/aromatic N) is 6. The first kappa shape index (κ1) is 24.0. The number of aryl methyl sites for hydroxylation is 4. The van der Waals surface area contributed by atoms with Gasteiger partial charge in [0.2, 0.25) is 17.0 Å². The lowest BCUT2D eigenvalue weighted by Gasteiger charge is -2.14. The summed E-state index contributed by atoms with van der Waals surface area (Å²) in [7, 11) is 0. The van der Waals surface area contributed by atoms with Crippen LogP contribution in [0.15, 0.2) is 66.2 Å². The van der Waals surface area contributed by atoms with Crippen molar-refractivity contribution in [1.29, 1.82) is 0 Å². The van der Waals surface area contributed by atoms with Crippen molar-refractivity contribution in [3.63, 3.8) is 0 Å². The van der Waals surface area contributed by atoms with E-state index in [9.17, 15) is 0 Å². The monoisotopic (exact) mass is 485 g/mol. The van der Waals surface area contributed by atoms with Gasteiger partial charge in [0.05, 0.1) is 6.54 Å². The Hall–Kier alpha value is -4.18. The van der Waals surface area contributed by atoms with Crippen molar-refractivity contribution in [3.05, 3.63) is 89.3 Å². The van der Waals surface area contributed by atoms with E-state index in [4.69, 9.17) is 12.2 Å². The minimum absolute atomic E-state index is 0.303. The van der Waals surface area contributed by atoms with Gasteiger partial charge in [0.15, 0.2) is 0 Å². The molecule has 0 atom stereocenters. The smallest absolute Gasteiger partial charge is 0.229 e. The number of thiocarbonyl (C=S) groups is 1. The average molecular weight is 486 g/mol. The van der Waals surface area contributed by atoms with Crippen molar-refractivity contribution >= 4 is 40.6 Å². The Morgan fingerprint density at radius 3 is 2.17 bits per heavy atom. The molecule has 0 aliphatic carbocycles. The van der Waals surface area contributed by atoms with Gasteiger partial charge in [0.1, 0.15) is 12.7 Å². The molecule has 0 aliphatic rings. The molecule has 10 heteroatoms. The molecule has 35 heavy (non-hydrogen) atoms. The van der Waals surface area contributed by atoms with Gasteiger partial charge >= 0.3 is 0 Å². The van der Waals surface area contributed by atoms with E-state index in [2.05, 4.69) is 47.1 Å². The summed E-state index contributed by atoms with van der Waals surface area (Å²) in [4.78, 5) is 17.5. The molecule has 3 N–H and O–H groups in total. The van der Waals surface area contributed by atoms with E-state index in [0.29, 0.717) is 23.6 Å². The average Bonchev–Trinajstić information content (AvgIpc) is 3.26. The number of anilines is 3. The summed E-state index contributed by atoms with van der Waals surface area (Å²) in [6.07, 6.45) is 3.21. The van der Waals surface area contributed by atoms with E-state index >= 15 is 0 Å². The summed E-state index contributed by atoms with van der Waals surface area (Å²) < 4.78 is 1.77. The van der Waals surface area contributed by atoms with Gasteiger partial charge in [0, 0.05) is 22.8 Å². The highest BCUT2D eigenvalue weighted by atomic mass is 32.1. The fourth-order valence-electron chi connectivity index (χ4n) is 3.61. The van der Waals surface area contributed by atoms with Crippen LogP contribution in [0.4, 0.5) is 17.3 Å². The van der Waals surface area contributed by atoms with Gasteiger partial charge in [-0.15, -0.1) is 0 Å². The van der Waals surface area contributed by atoms with Crippen LogP contribution in [0.5, 0.6) is 0 Å². The first-order valence-corrected chi connectivity index (χ1v) is 11.5. The third-order valence-electron chi connectivity index (χ3n) is 4.93. The molecule has 178 valence electrons. The zero-order chi connectivity index (χ0) is 24.8. The van der Waals surface area contributed by atoms with E-state index in [1.54, 1.807) is 11.0 Å². The Morgan fingerprint density at radius 2 is 1.54 bits per heavy atom. The maximum atomic E-state index is 5.53. The predicted molar refractivity (Wildman–Crippen MR) is 144 cm³/mol. The van der Waals surface area contributed by atoms with Gasteiger partial charge in [-0.3, -0.25) is 5.32 Å². The molecule has 2 aromatic carbocycles. The summed E-state index contributed by atoms with van der Waals surface area (Å²) in [5, 5.41) is 14.1. The highest BCUT2D eigenvalue weighted by Gasteiger charge is 2.08. The van der Waals surface area contributed by atoms with Crippen LogP contribution < -0.4 is 16.0 Å². The van der Waals surface area contributed by atoms with Gasteiger partial charge in [-0.05, 0) is 86.9 Å². The summed E-state index contributed by atoms with van der Waals surface area (Å²) in [6, 6.07) is 16.0. The number of aliphatic imine (C=N–C) groups is 1. The van der Waals surface area contributed by atoms with Crippen molar-refractivity contribution in [2.45, 2.75) is 34.2 Å². The van der Waals surface area contributed by atoms with Gasteiger partial charge in [-0.25, -0.2) is 19.6 Å². The van der Waals surface area contributed by atoms with Gasteiger partial charge in [-0.1, -0.05) is 18.2 Å². The van der Waals surface area contributed by atoms with Crippen molar-refractivity contribution in [2.75, 3.05) is 16.0 Å². The second-order valence-corrected chi connectivity index (χ2v) is 8.67. The standard InChI is InChI=1S/C25H27N9S/c1-16-9-17(2)11-22(10-16)31-25(35)33-24(32-23-28-18(3)12-19(4)29-23)30-21-7-5-20(6-8-21)13-34-15-26-14-27-34/h5-12,14-15H,13H2,1-4H3,(H3,28,29,30,31,32,33,35). The van der Waals surface area contributed by atoms with E-state index in [-0.39, 0.29) is 0 Å². The number of aromatic nitrogens is 5. The van der Waals surface area contributed by atoms with Crippen LogP contribution in [0.1, 0.15) is 28.1 Å². The quantitative estimate of drug-likeness (QED) is 0.214. The van der Waals surface area contributed by atoms with Crippen LogP contribution in [0.2, 0.25) is 0 Å². The van der Waals surface area contributed by atoms with Crippen molar-refractivity contribution in [3.8, 4) is 0 Å². The molecular formula is C25H27N9S. The number of nitrogens with one attached hydrogen (secondary N) is 3. The van der Waals surface area contributed by atoms with E-state index in [1.165, 1.54) is 6.33 Å². The Balaban J connectivity index is 1.54. The lowest BCUT2D eigenvalue weighted by atomic mass is 10.1. The molecule has 9 nitrogen and oxygen atoms in total. The van der Waals surface area contributed by atoms with Crippen LogP contribution in [-0.2, 0) is 6.54 Å². The van der Waals surface area contributed by atoms with Crippen molar-refractivity contribution < 1.29 is 0 Å². The van der Waals surface area contributed by atoms with Crippen LogP contribution in [-0.4, -0.2) is 35.8 Å². The molecule has 0 fully saturated rings. The molecular weight excluding hydrogens is 458 g/mol. The zero-order valence-electron chi connectivity index (χ0n) is 20.1. The maximum absolute atomic E-state index is 5.53. The van der Waals surface area contributed by atoms with E-state index < -0.39 is 0 Å². The van der Waals surface area contributed by atoms with Crippen LogP contribution >= 0.6 is 12.2 Å². The number of benzene rings is 2. The SMILES string of the molecule is Cc1cc(C)cc(NC(=S)/N=C(\Nc2ccc(Cn3cncn3)cc2)Nc2nc(C)cc(C)n2)c1.